The van der Waals surface area contributed by atoms with Gasteiger partial charge in [0.25, 0.3) is 0 Å². The molecule has 1 aromatic carbocycles. The van der Waals surface area contributed by atoms with E-state index < -0.39 is 4.92 Å². The lowest BCUT2D eigenvalue weighted by Crippen LogP contribution is -2.12. The van der Waals surface area contributed by atoms with Crippen molar-refractivity contribution in [1.29, 1.82) is 0 Å². The van der Waals surface area contributed by atoms with Gasteiger partial charge in [0, 0.05) is 13.6 Å². The predicted molar refractivity (Wildman–Crippen MR) is 75.2 cm³/mol. The molecule has 2 N–H and O–H groups in total. The highest BCUT2D eigenvalue weighted by Crippen LogP contribution is 2.38. The topological polar surface area (TPSA) is 106 Å². The zero-order valence-electron chi connectivity index (χ0n) is 10.9. The van der Waals surface area contributed by atoms with Crippen LogP contribution in [0.25, 0.3) is 0 Å². The van der Waals surface area contributed by atoms with Crippen molar-refractivity contribution >= 4 is 23.1 Å². The molecule has 0 aliphatic carbocycles. The van der Waals surface area contributed by atoms with Gasteiger partial charge in [0.15, 0.2) is 5.16 Å². The van der Waals surface area contributed by atoms with Crippen LogP contribution in [0.2, 0.25) is 0 Å². The Morgan fingerprint density at radius 3 is 2.85 bits per heavy atom. The second-order valence-electron chi connectivity index (χ2n) is 3.91. The van der Waals surface area contributed by atoms with Crippen molar-refractivity contribution in [3.8, 4) is 0 Å². The molecule has 0 spiro atoms. The molecule has 0 fully saturated rings. The summed E-state index contributed by atoms with van der Waals surface area (Å²) >= 11 is 1.07. The van der Waals surface area contributed by atoms with Crippen LogP contribution in [0.1, 0.15) is 6.92 Å². The third-order valence-corrected chi connectivity index (χ3v) is 3.69. The summed E-state index contributed by atoms with van der Waals surface area (Å²) in [5.41, 5.74) is 0.0656. The molecule has 0 bridgehead atoms. The second kappa shape index (κ2) is 5.78. The zero-order chi connectivity index (χ0) is 14.7. The Hall–Kier alpha value is -2.29. The number of aromatic nitrogens is 3. The summed E-state index contributed by atoms with van der Waals surface area (Å²) in [7, 11) is 1.55. The maximum atomic E-state index is 11.3. The molecule has 2 rings (SSSR count). The van der Waals surface area contributed by atoms with Crippen LogP contribution in [-0.2, 0) is 7.05 Å². The minimum Gasteiger partial charge on any atom is -0.380 e. The number of para-hydroxylation sites is 1. The maximum Gasteiger partial charge on any atom is 0.343 e. The molecule has 1 heterocycles. The van der Waals surface area contributed by atoms with E-state index in [0.717, 1.165) is 11.8 Å². The largest absolute Gasteiger partial charge is 0.380 e. The highest BCUT2D eigenvalue weighted by molar-refractivity contribution is 7.99. The Morgan fingerprint density at radius 2 is 2.30 bits per heavy atom. The number of anilines is 1. The van der Waals surface area contributed by atoms with Crippen LogP contribution >= 0.6 is 11.8 Å². The SMILES string of the molecule is CCNc1cccc(Sc2n[nH]c(=O)n2C)c1[N+](=O)[O-]. The molecular formula is C11H13N5O3S. The number of nitro benzene ring substituents is 1. The fourth-order valence-electron chi connectivity index (χ4n) is 1.65. The summed E-state index contributed by atoms with van der Waals surface area (Å²) in [6.45, 7) is 2.44. The van der Waals surface area contributed by atoms with Gasteiger partial charge >= 0.3 is 11.4 Å². The van der Waals surface area contributed by atoms with Gasteiger partial charge in [0.2, 0.25) is 0 Å². The summed E-state index contributed by atoms with van der Waals surface area (Å²) in [5.74, 6) is 0. The first kappa shape index (κ1) is 14.1. The summed E-state index contributed by atoms with van der Waals surface area (Å²) < 4.78 is 1.30. The van der Waals surface area contributed by atoms with Gasteiger partial charge in [-0.1, -0.05) is 6.07 Å². The quantitative estimate of drug-likeness (QED) is 0.641. The van der Waals surface area contributed by atoms with Gasteiger partial charge in [-0.25, -0.2) is 9.89 Å². The Bertz CT molecular complexity index is 694. The van der Waals surface area contributed by atoms with E-state index in [9.17, 15) is 14.9 Å². The molecule has 20 heavy (non-hydrogen) atoms. The summed E-state index contributed by atoms with van der Waals surface area (Å²) in [4.78, 5) is 22.5. The van der Waals surface area contributed by atoms with Gasteiger partial charge in [0.1, 0.15) is 5.69 Å². The third-order valence-electron chi connectivity index (χ3n) is 2.59. The fraction of sp³-hybridized carbons (Fsp3) is 0.273. The summed E-state index contributed by atoms with van der Waals surface area (Å²) in [6, 6.07) is 5.00. The number of hydrogen-bond acceptors (Lipinski definition) is 6. The molecule has 0 saturated carbocycles. The van der Waals surface area contributed by atoms with Gasteiger partial charge in [-0.3, -0.25) is 14.7 Å². The minimum absolute atomic E-state index is 0.0187. The molecule has 106 valence electrons. The van der Waals surface area contributed by atoms with Gasteiger partial charge in [-0.15, -0.1) is 5.10 Å². The number of rotatable bonds is 5. The van der Waals surface area contributed by atoms with Crippen molar-refractivity contribution in [2.75, 3.05) is 11.9 Å². The molecule has 0 saturated heterocycles. The van der Waals surface area contributed by atoms with Crippen molar-refractivity contribution in [2.24, 2.45) is 7.05 Å². The van der Waals surface area contributed by atoms with Crippen LogP contribution in [0.4, 0.5) is 11.4 Å². The number of H-pyrrole nitrogens is 1. The Kier molecular flexibility index (Phi) is 4.08. The lowest BCUT2D eigenvalue weighted by Gasteiger charge is -2.07. The Morgan fingerprint density at radius 1 is 1.55 bits per heavy atom. The van der Waals surface area contributed by atoms with E-state index >= 15 is 0 Å². The van der Waals surface area contributed by atoms with Crippen molar-refractivity contribution in [1.82, 2.24) is 14.8 Å². The minimum atomic E-state index is -0.439. The number of benzene rings is 1. The van der Waals surface area contributed by atoms with E-state index in [1.165, 1.54) is 4.57 Å². The zero-order valence-corrected chi connectivity index (χ0v) is 11.7. The number of hydrogen-bond donors (Lipinski definition) is 2. The van der Waals surface area contributed by atoms with Crippen molar-refractivity contribution in [3.63, 3.8) is 0 Å². The maximum absolute atomic E-state index is 11.3. The highest BCUT2D eigenvalue weighted by Gasteiger charge is 2.21. The number of nitrogens with zero attached hydrogens (tertiary/aromatic N) is 3. The second-order valence-corrected chi connectivity index (χ2v) is 4.92. The highest BCUT2D eigenvalue weighted by atomic mass is 32.2. The molecule has 0 atom stereocenters. The van der Waals surface area contributed by atoms with E-state index in [1.807, 2.05) is 6.92 Å². The lowest BCUT2D eigenvalue weighted by atomic mass is 10.2. The number of nitrogens with one attached hydrogen (secondary N) is 2. The van der Waals surface area contributed by atoms with E-state index in [1.54, 1.807) is 25.2 Å². The number of aromatic amines is 1. The molecule has 9 heteroatoms. The average Bonchev–Trinajstić information content (AvgIpc) is 2.71. The van der Waals surface area contributed by atoms with Crippen molar-refractivity contribution in [2.45, 2.75) is 17.0 Å². The van der Waals surface area contributed by atoms with Gasteiger partial charge in [0.05, 0.1) is 9.82 Å². The van der Waals surface area contributed by atoms with E-state index in [-0.39, 0.29) is 11.4 Å². The summed E-state index contributed by atoms with van der Waals surface area (Å²) in [6.07, 6.45) is 0. The normalized spacial score (nSPS) is 10.5. The van der Waals surface area contributed by atoms with Crippen molar-refractivity contribution in [3.05, 3.63) is 38.8 Å². The standard InChI is InChI=1S/C11H13N5O3S/c1-3-12-7-5-4-6-8(9(7)16(18)19)20-11-14-13-10(17)15(11)2/h4-6,12H,3H2,1-2H3,(H,13,17). The van der Waals surface area contributed by atoms with Crippen LogP contribution in [0.3, 0.4) is 0 Å². The molecule has 0 aliphatic rings. The van der Waals surface area contributed by atoms with Gasteiger partial charge in [-0.2, -0.15) is 0 Å². The summed E-state index contributed by atoms with van der Waals surface area (Å²) in [5, 5.41) is 20.7. The molecule has 0 unspecified atom stereocenters. The van der Waals surface area contributed by atoms with E-state index in [4.69, 9.17) is 0 Å². The third kappa shape index (κ3) is 2.67. The molecule has 0 radical (unpaired) electrons. The first-order valence-corrected chi connectivity index (χ1v) is 6.66. The smallest absolute Gasteiger partial charge is 0.343 e. The van der Waals surface area contributed by atoms with E-state index in [0.29, 0.717) is 22.3 Å². The molecule has 0 aliphatic heterocycles. The van der Waals surface area contributed by atoms with Gasteiger partial charge in [-0.05, 0) is 30.8 Å². The van der Waals surface area contributed by atoms with Crippen LogP contribution < -0.4 is 11.0 Å². The van der Waals surface area contributed by atoms with Crippen molar-refractivity contribution < 1.29 is 4.92 Å². The first-order valence-electron chi connectivity index (χ1n) is 5.85. The fourth-order valence-corrected chi connectivity index (χ4v) is 2.58. The van der Waals surface area contributed by atoms with Crippen LogP contribution in [0.5, 0.6) is 0 Å². The molecule has 0 amide bonds. The molecular weight excluding hydrogens is 282 g/mol. The molecule has 1 aromatic heterocycles. The van der Waals surface area contributed by atoms with Crippen LogP contribution in [-0.4, -0.2) is 26.2 Å². The Balaban J connectivity index is 2.46. The average molecular weight is 295 g/mol. The van der Waals surface area contributed by atoms with E-state index in [2.05, 4.69) is 15.5 Å². The predicted octanol–water partition coefficient (Wildman–Crippen LogP) is 1.60. The van der Waals surface area contributed by atoms with Gasteiger partial charge < -0.3 is 5.32 Å². The molecule has 2 aromatic rings. The number of nitro groups is 1. The van der Waals surface area contributed by atoms with Crippen LogP contribution in [0.15, 0.2) is 33.0 Å². The Labute approximate surface area is 118 Å². The monoisotopic (exact) mass is 295 g/mol. The first-order chi connectivity index (χ1) is 9.54. The molecule has 8 nitrogen and oxygen atoms in total. The van der Waals surface area contributed by atoms with Crippen LogP contribution in [0, 0.1) is 10.1 Å². The lowest BCUT2D eigenvalue weighted by molar-refractivity contribution is -0.386.